The number of piperidine rings is 1. The molecule has 0 aromatic heterocycles. The second-order valence-electron chi connectivity index (χ2n) is 6.64. The Morgan fingerprint density at radius 3 is 2.78 bits per heavy atom. The van der Waals surface area contributed by atoms with E-state index in [1.807, 2.05) is 0 Å². The number of nitrogens with zero attached hydrogens (tertiary/aromatic N) is 2. The van der Waals surface area contributed by atoms with Gasteiger partial charge < -0.3 is 10.6 Å². The summed E-state index contributed by atoms with van der Waals surface area (Å²) < 4.78 is 0. The summed E-state index contributed by atoms with van der Waals surface area (Å²) in [6, 6.07) is 1.70. The Balaban J connectivity index is 1.75. The standard InChI is InChI=1S/C15H29N3/c1-2-8-18(13-5-6-13)15(12-16)7-10-17-9-3-4-14(17)11-15/h13-14H,2-12,16H2,1H3. The molecule has 18 heavy (non-hydrogen) atoms. The molecule has 3 nitrogen and oxygen atoms in total. The molecular formula is C15H29N3. The molecule has 2 N–H and O–H groups in total. The van der Waals surface area contributed by atoms with Gasteiger partial charge in [-0.25, -0.2) is 0 Å². The van der Waals surface area contributed by atoms with E-state index < -0.39 is 0 Å². The monoisotopic (exact) mass is 251 g/mol. The van der Waals surface area contributed by atoms with E-state index in [1.54, 1.807) is 0 Å². The molecule has 1 aliphatic carbocycles. The van der Waals surface area contributed by atoms with Gasteiger partial charge in [-0.3, -0.25) is 4.90 Å². The minimum Gasteiger partial charge on any atom is -0.329 e. The van der Waals surface area contributed by atoms with Crippen molar-refractivity contribution >= 4 is 0 Å². The highest BCUT2D eigenvalue weighted by Gasteiger charge is 2.48. The minimum atomic E-state index is 0.336. The second kappa shape index (κ2) is 5.10. The van der Waals surface area contributed by atoms with Gasteiger partial charge in [0, 0.05) is 30.7 Å². The van der Waals surface area contributed by atoms with Crippen LogP contribution in [0.1, 0.15) is 51.9 Å². The van der Waals surface area contributed by atoms with Gasteiger partial charge in [-0.1, -0.05) is 6.92 Å². The number of fused-ring (bicyclic) bond motifs is 1. The van der Waals surface area contributed by atoms with Crippen molar-refractivity contribution in [2.45, 2.75) is 69.5 Å². The lowest BCUT2D eigenvalue weighted by Gasteiger charge is -2.50. The molecule has 2 aliphatic heterocycles. The first-order chi connectivity index (χ1) is 8.79. The average Bonchev–Trinajstić information content (AvgIpc) is 3.13. The third-order valence-corrected chi connectivity index (χ3v) is 5.42. The lowest BCUT2D eigenvalue weighted by atomic mass is 9.81. The molecular weight excluding hydrogens is 222 g/mol. The van der Waals surface area contributed by atoms with E-state index in [0.29, 0.717) is 5.54 Å². The molecule has 0 amide bonds. The fourth-order valence-electron chi connectivity index (χ4n) is 4.31. The fraction of sp³-hybridized carbons (Fsp3) is 1.00. The Kier molecular flexibility index (Phi) is 3.65. The highest BCUT2D eigenvalue weighted by molar-refractivity contribution is 5.05. The van der Waals surface area contributed by atoms with Gasteiger partial charge in [-0.15, -0.1) is 0 Å². The van der Waals surface area contributed by atoms with Crippen molar-refractivity contribution in [3.05, 3.63) is 0 Å². The van der Waals surface area contributed by atoms with Gasteiger partial charge in [-0.2, -0.15) is 0 Å². The molecule has 0 radical (unpaired) electrons. The Morgan fingerprint density at radius 2 is 2.11 bits per heavy atom. The van der Waals surface area contributed by atoms with Crippen LogP contribution in [0.25, 0.3) is 0 Å². The maximum Gasteiger partial charge on any atom is 0.0361 e. The molecule has 3 heteroatoms. The first-order valence-electron chi connectivity index (χ1n) is 8.00. The van der Waals surface area contributed by atoms with Gasteiger partial charge in [0.2, 0.25) is 0 Å². The van der Waals surface area contributed by atoms with E-state index >= 15 is 0 Å². The first kappa shape index (κ1) is 12.9. The largest absolute Gasteiger partial charge is 0.329 e. The molecule has 0 aromatic rings. The summed E-state index contributed by atoms with van der Waals surface area (Å²) >= 11 is 0. The maximum absolute atomic E-state index is 6.26. The first-order valence-corrected chi connectivity index (χ1v) is 8.00. The summed E-state index contributed by atoms with van der Waals surface area (Å²) in [6.07, 6.45) is 9.55. The minimum absolute atomic E-state index is 0.336. The Hall–Kier alpha value is -0.120. The molecule has 2 saturated heterocycles. The molecule has 3 aliphatic rings. The van der Waals surface area contributed by atoms with E-state index in [2.05, 4.69) is 16.7 Å². The summed E-state index contributed by atoms with van der Waals surface area (Å²) in [6.45, 7) is 7.06. The topological polar surface area (TPSA) is 32.5 Å². The summed E-state index contributed by atoms with van der Waals surface area (Å²) in [5.74, 6) is 0. The van der Waals surface area contributed by atoms with E-state index in [-0.39, 0.29) is 0 Å². The molecule has 2 heterocycles. The van der Waals surface area contributed by atoms with Crippen LogP contribution in [0.4, 0.5) is 0 Å². The zero-order chi connectivity index (χ0) is 12.6. The molecule has 3 fully saturated rings. The van der Waals surface area contributed by atoms with E-state index in [9.17, 15) is 0 Å². The normalized spacial score (nSPS) is 37.2. The quantitative estimate of drug-likeness (QED) is 0.809. The lowest BCUT2D eigenvalue weighted by molar-refractivity contribution is 0.00458. The third-order valence-electron chi connectivity index (χ3n) is 5.42. The molecule has 0 aromatic carbocycles. The third kappa shape index (κ3) is 2.21. The van der Waals surface area contributed by atoms with Gasteiger partial charge in [0.1, 0.15) is 0 Å². The van der Waals surface area contributed by atoms with Crippen molar-refractivity contribution in [1.29, 1.82) is 0 Å². The SMILES string of the molecule is CCCN(C1CC1)C1(CN)CCN2CCCC2C1. The van der Waals surface area contributed by atoms with Crippen LogP contribution in [0.15, 0.2) is 0 Å². The molecule has 0 spiro atoms. The van der Waals surface area contributed by atoms with Crippen LogP contribution in [0.2, 0.25) is 0 Å². The van der Waals surface area contributed by atoms with Crippen LogP contribution in [0, 0.1) is 0 Å². The van der Waals surface area contributed by atoms with E-state index in [0.717, 1.165) is 18.6 Å². The number of hydrogen-bond donors (Lipinski definition) is 1. The maximum atomic E-state index is 6.26. The Bertz CT molecular complexity index is 289. The number of nitrogens with two attached hydrogens (primary N) is 1. The van der Waals surface area contributed by atoms with Gasteiger partial charge in [0.05, 0.1) is 0 Å². The molecule has 0 bridgehead atoms. The Morgan fingerprint density at radius 1 is 1.28 bits per heavy atom. The molecule has 2 unspecified atom stereocenters. The van der Waals surface area contributed by atoms with Gasteiger partial charge in [-0.05, 0) is 58.0 Å². The zero-order valence-electron chi connectivity index (χ0n) is 11.9. The summed E-state index contributed by atoms with van der Waals surface area (Å²) in [7, 11) is 0. The van der Waals surface area contributed by atoms with Crippen molar-refractivity contribution in [1.82, 2.24) is 9.80 Å². The van der Waals surface area contributed by atoms with Crippen LogP contribution < -0.4 is 5.73 Å². The molecule has 1 saturated carbocycles. The summed E-state index contributed by atoms with van der Waals surface area (Å²) in [4.78, 5) is 5.52. The molecule has 104 valence electrons. The number of hydrogen-bond acceptors (Lipinski definition) is 3. The summed E-state index contributed by atoms with van der Waals surface area (Å²) in [5.41, 5.74) is 6.59. The van der Waals surface area contributed by atoms with Crippen molar-refractivity contribution < 1.29 is 0 Å². The van der Waals surface area contributed by atoms with E-state index in [4.69, 9.17) is 5.73 Å². The predicted octanol–water partition coefficient (Wildman–Crippen LogP) is 1.82. The van der Waals surface area contributed by atoms with Crippen LogP contribution in [-0.2, 0) is 0 Å². The molecule has 2 atom stereocenters. The summed E-state index contributed by atoms with van der Waals surface area (Å²) in [5, 5.41) is 0. The predicted molar refractivity (Wildman–Crippen MR) is 75.6 cm³/mol. The zero-order valence-corrected chi connectivity index (χ0v) is 11.9. The average molecular weight is 251 g/mol. The molecule has 3 rings (SSSR count). The van der Waals surface area contributed by atoms with Crippen molar-refractivity contribution in [3.8, 4) is 0 Å². The van der Waals surface area contributed by atoms with Crippen LogP contribution in [-0.4, -0.2) is 53.6 Å². The van der Waals surface area contributed by atoms with Gasteiger partial charge in [0.25, 0.3) is 0 Å². The van der Waals surface area contributed by atoms with Crippen molar-refractivity contribution in [2.75, 3.05) is 26.2 Å². The van der Waals surface area contributed by atoms with Gasteiger partial charge in [0.15, 0.2) is 0 Å². The highest BCUT2D eigenvalue weighted by Crippen LogP contribution is 2.41. The number of rotatable bonds is 5. The fourth-order valence-corrected chi connectivity index (χ4v) is 4.31. The lowest BCUT2D eigenvalue weighted by Crippen LogP contribution is -2.61. The van der Waals surface area contributed by atoms with Crippen LogP contribution in [0.5, 0.6) is 0 Å². The smallest absolute Gasteiger partial charge is 0.0361 e. The van der Waals surface area contributed by atoms with Crippen LogP contribution in [0.3, 0.4) is 0 Å². The van der Waals surface area contributed by atoms with Crippen molar-refractivity contribution in [3.63, 3.8) is 0 Å². The Labute approximate surface area is 112 Å². The highest BCUT2D eigenvalue weighted by atomic mass is 15.3. The van der Waals surface area contributed by atoms with Gasteiger partial charge >= 0.3 is 0 Å². The second-order valence-corrected chi connectivity index (χ2v) is 6.64. The van der Waals surface area contributed by atoms with Crippen molar-refractivity contribution in [2.24, 2.45) is 5.73 Å². The van der Waals surface area contributed by atoms with Crippen LogP contribution >= 0.6 is 0 Å². The van der Waals surface area contributed by atoms with E-state index in [1.165, 1.54) is 64.6 Å².